The van der Waals surface area contributed by atoms with Crippen molar-refractivity contribution in [1.29, 1.82) is 0 Å². The van der Waals surface area contributed by atoms with E-state index in [1.807, 2.05) is 18.2 Å². The summed E-state index contributed by atoms with van der Waals surface area (Å²) in [7, 11) is 1.45. The van der Waals surface area contributed by atoms with Gasteiger partial charge in [0, 0.05) is 37.3 Å². The number of guanidine groups is 1. The molecule has 0 fully saturated rings. The Balaban J connectivity index is 2.03. The van der Waals surface area contributed by atoms with Gasteiger partial charge in [0.2, 0.25) is 0 Å². The first-order valence-electron chi connectivity index (χ1n) is 8.05. The third-order valence-electron chi connectivity index (χ3n) is 3.63. The third-order valence-corrected chi connectivity index (χ3v) is 3.63. The molecule has 144 valence electrons. The number of ether oxygens (including phenoxy) is 1. The molecule has 0 bridgehead atoms. The van der Waals surface area contributed by atoms with Gasteiger partial charge >= 0.3 is 0 Å². The van der Waals surface area contributed by atoms with Crippen LogP contribution in [0.3, 0.4) is 0 Å². The Bertz CT molecular complexity index is 814. The van der Waals surface area contributed by atoms with Crippen molar-refractivity contribution in [1.82, 2.24) is 10.6 Å². The molecule has 0 saturated carbocycles. The van der Waals surface area contributed by atoms with Crippen molar-refractivity contribution in [2.45, 2.75) is 13.1 Å². The molecule has 0 amide bonds. The molecule has 0 aliphatic carbocycles. The first-order valence-corrected chi connectivity index (χ1v) is 8.05. The minimum atomic E-state index is -1.46. The number of para-hydroxylation sites is 1. The summed E-state index contributed by atoms with van der Waals surface area (Å²) in [6.45, 7) is 3.74. The van der Waals surface area contributed by atoms with Crippen LogP contribution >= 0.6 is 0 Å². The molecule has 0 aliphatic rings. The number of aliphatic imine (C=N–C) groups is 1. The zero-order chi connectivity index (χ0) is 19.8. The van der Waals surface area contributed by atoms with Gasteiger partial charge < -0.3 is 15.4 Å². The number of hydrogen-bond acceptors (Lipinski definition) is 2. The quantitative estimate of drug-likeness (QED) is 0.253. The highest BCUT2D eigenvalue weighted by molar-refractivity contribution is 5.79. The van der Waals surface area contributed by atoms with Crippen molar-refractivity contribution in [2.24, 2.45) is 4.99 Å². The minimum absolute atomic E-state index is 0.168. The largest absolute Gasteiger partial charge is 0.489 e. The lowest BCUT2D eigenvalue weighted by atomic mass is 10.2. The predicted molar refractivity (Wildman–Crippen MR) is 95.4 cm³/mol. The van der Waals surface area contributed by atoms with Crippen LogP contribution in [0.25, 0.3) is 0 Å². The highest BCUT2D eigenvalue weighted by Crippen LogP contribution is 2.19. The molecule has 2 N–H and O–H groups in total. The lowest BCUT2D eigenvalue weighted by molar-refractivity contribution is 0.358. The van der Waals surface area contributed by atoms with Gasteiger partial charge in [0.1, 0.15) is 12.4 Å². The highest BCUT2D eigenvalue weighted by atomic mass is 19.2. The zero-order valence-electron chi connectivity index (χ0n) is 14.7. The standard InChI is InChI=1S/C19H19F4N3O/c1-3-8-27-16-7-5-4-6-12(16)10-25-19(24-2)26-11-13-17(22)14(20)9-15(21)18(13)23/h3-7,9H,1,8,10-11H2,2H3,(H2,24,25,26). The number of halogens is 4. The molecule has 0 unspecified atom stereocenters. The lowest BCUT2D eigenvalue weighted by Gasteiger charge is -2.15. The van der Waals surface area contributed by atoms with Crippen LogP contribution in [-0.2, 0) is 13.1 Å². The van der Waals surface area contributed by atoms with Crippen molar-refractivity contribution in [3.8, 4) is 5.75 Å². The summed E-state index contributed by atoms with van der Waals surface area (Å²) >= 11 is 0. The Morgan fingerprint density at radius 3 is 2.33 bits per heavy atom. The van der Waals surface area contributed by atoms with Crippen LogP contribution in [0.1, 0.15) is 11.1 Å². The van der Waals surface area contributed by atoms with Gasteiger partial charge in [-0.2, -0.15) is 0 Å². The van der Waals surface area contributed by atoms with E-state index in [-0.39, 0.29) is 12.0 Å². The molecule has 0 atom stereocenters. The number of nitrogens with zero attached hydrogens (tertiary/aromatic N) is 1. The maximum atomic E-state index is 13.7. The Kier molecular flexibility index (Phi) is 7.22. The molecule has 0 spiro atoms. The van der Waals surface area contributed by atoms with Crippen LogP contribution in [0.4, 0.5) is 17.6 Å². The van der Waals surface area contributed by atoms with E-state index in [0.717, 1.165) is 5.56 Å². The van der Waals surface area contributed by atoms with Crippen molar-refractivity contribution < 1.29 is 22.3 Å². The van der Waals surface area contributed by atoms with E-state index in [2.05, 4.69) is 22.2 Å². The monoisotopic (exact) mass is 381 g/mol. The molecular formula is C19H19F4N3O. The van der Waals surface area contributed by atoms with Crippen LogP contribution in [-0.4, -0.2) is 19.6 Å². The van der Waals surface area contributed by atoms with Crippen LogP contribution in [0.15, 0.2) is 48.0 Å². The molecule has 2 rings (SSSR count). The molecule has 27 heavy (non-hydrogen) atoms. The fourth-order valence-corrected chi connectivity index (χ4v) is 2.29. The van der Waals surface area contributed by atoms with Gasteiger partial charge in [-0.3, -0.25) is 4.99 Å². The van der Waals surface area contributed by atoms with E-state index in [4.69, 9.17) is 4.74 Å². The minimum Gasteiger partial charge on any atom is -0.489 e. The molecule has 8 heteroatoms. The van der Waals surface area contributed by atoms with E-state index >= 15 is 0 Å². The second-order valence-corrected chi connectivity index (χ2v) is 5.43. The van der Waals surface area contributed by atoms with Crippen molar-refractivity contribution in [3.05, 3.63) is 77.4 Å². The fourth-order valence-electron chi connectivity index (χ4n) is 2.29. The van der Waals surface area contributed by atoms with Crippen molar-refractivity contribution >= 4 is 5.96 Å². The third kappa shape index (κ3) is 5.22. The van der Waals surface area contributed by atoms with Gasteiger partial charge in [0.25, 0.3) is 0 Å². The summed E-state index contributed by atoms with van der Waals surface area (Å²) in [5, 5.41) is 5.56. The summed E-state index contributed by atoms with van der Waals surface area (Å²) in [6.07, 6.45) is 1.62. The predicted octanol–water partition coefficient (Wildman–Crippen LogP) is 3.67. The summed E-state index contributed by atoms with van der Waals surface area (Å²) in [5.41, 5.74) is 0.0710. The molecule has 0 radical (unpaired) electrons. The summed E-state index contributed by atoms with van der Waals surface area (Å²) in [5.74, 6) is -4.97. The van der Waals surface area contributed by atoms with E-state index < -0.39 is 35.4 Å². The second kappa shape index (κ2) is 9.61. The molecule has 0 saturated heterocycles. The SMILES string of the molecule is C=CCOc1ccccc1CNC(=NC)NCc1c(F)c(F)cc(F)c1F. The Hall–Kier alpha value is -3.03. The van der Waals surface area contributed by atoms with Gasteiger partial charge in [0.05, 0.1) is 0 Å². The molecule has 0 aromatic heterocycles. The number of hydrogen-bond donors (Lipinski definition) is 2. The van der Waals surface area contributed by atoms with Crippen LogP contribution < -0.4 is 15.4 Å². The average Bonchev–Trinajstić information content (AvgIpc) is 2.67. The van der Waals surface area contributed by atoms with Gasteiger partial charge in [-0.1, -0.05) is 30.9 Å². The maximum absolute atomic E-state index is 13.7. The molecule has 0 heterocycles. The van der Waals surface area contributed by atoms with Crippen LogP contribution in [0.5, 0.6) is 5.75 Å². The summed E-state index contributed by atoms with van der Waals surface area (Å²) in [6, 6.07) is 7.44. The van der Waals surface area contributed by atoms with E-state index in [1.54, 1.807) is 12.1 Å². The van der Waals surface area contributed by atoms with Crippen LogP contribution in [0, 0.1) is 23.3 Å². The Labute approximate surface area is 154 Å². The number of nitrogens with one attached hydrogen (secondary N) is 2. The van der Waals surface area contributed by atoms with Crippen molar-refractivity contribution in [3.63, 3.8) is 0 Å². The second-order valence-electron chi connectivity index (χ2n) is 5.43. The average molecular weight is 381 g/mol. The lowest BCUT2D eigenvalue weighted by Crippen LogP contribution is -2.37. The maximum Gasteiger partial charge on any atom is 0.191 e. The molecular weight excluding hydrogens is 362 g/mol. The summed E-state index contributed by atoms with van der Waals surface area (Å²) in [4.78, 5) is 3.92. The summed E-state index contributed by atoms with van der Waals surface area (Å²) < 4.78 is 59.5. The fraction of sp³-hybridized carbons (Fsp3) is 0.211. The van der Waals surface area contributed by atoms with Gasteiger partial charge in [-0.25, -0.2) is 17.6 Å². The van der Waals surface area contributed by atoms with Crippen LogP contribution in [0.2, 0.25) is 0 Å². The number of benzene rings is 2. The topological polar surface area (TPSA) is 45.6 Å². The first kappa shape index (κ1) is 20.3. The van der Waals surface area contributed by atoms with E-state index in [9.17, 15) is 17.6 Å². The first-order chi connectivity index (χ1) is 13.0. The van der Waals surface area contributed by atoms with Gasteiger partial charge in [-0.05, 0) is 6.07 Å². The zero-order valence-corrected chi connectivity index (χ0v) is 14.7. The molecule has 2 aromatic rings. The normalized spacial score (nSPS) is 11.2. The Morgan fingerprint density at radius 1 is 1.07 bits per heavy atom. The number of rotatable bonds is 7. The molecule has 2 aromatic carbocycles. The van der Waals surface area contributed by atoms with E-state index in [0.29, 0.717) is 18.9 Å². The van der Waals surface area contributed by atoms with Crippen molar-refractivity contribution in [2.75, 3.05) is 13.7 Å². The van der Waals surface area contributed by atoms with Gasteiger partial charge in [0.15, 0.2) is 29.2 Å². The van der Waals surface area contributed by atoms with E-state index in [1.165, 1.54) is 7.05 Å². The smallest absolute Gasteiger partial charge is 0.191 e. The Morgan fingerprint density at radius 2 is 1.70 bits per heavy atom. The molecule has 4 nitrogen and oxygen atoms in total. The highest BCUT2D eigenvalue weighted by Gasteiger charge is 2.19. The molecule has 0 aliphatic heterocycles. The van der Waals surface area contributed by atoms with Gasteiger partial charge in [-0.15, -0.1) is 0 Å².